The van der Waals surface area contributed by atoms with Crippen LogP contribution in [0.15, 0.2) is 59.5 Å². The molecule has 0 unspecified atom stereocenters. The first-order valence-electron chi connectivity index (χ1n) is 10.4. The van der Waals surface area contributed by atoms with Gasteiger partial charge in [-0.1, -0.05) is 48.0 Å². The van der Waals surface area contributed by atoms with Crippen molar-refractivity contribution in [3.8, 4) is 0 Å². The molecule has 0 aliphatic carbocycles. The summed E-state index contributed by atoms with van der Waals surface area (Å²) in [5.41, 5.74) is 1.87. The van der Waals surface area contributed by atoms with Crippen molar-refractivity contribution in [1.29, 1.82) is 0 Å². The molecule has 1 heterocycles. The number of carbonyl (C=O) groups excluding carboxylic acids is 1. The summed E-state index contributed by atoms with van der Waals surface area (Å²) in [6.07, 6.45) is 1.34. The van der Waals surface area contributed by atoms with Gasteiger partial charge in [-0.15, -0.1) is 0 Å². The fourth-order valence-electron chi connectivity index (χ4n) is 4.07. The molecule has 1 fully saturated rings. The van der Waals surface area contributed by atoms with Crippen molar-refractivity contribution in [1.82, 2.24) is 14.9 Å². The minimum absolute atomic E-state index is 0.0593. The maximum absolute atomic E-state index is 12.7. The largest absolute Gasteiger partial charge is 0.331 e. The molecule has 0 spiro atoms. The van der Waals surface area contributed by atoms with E-state index in [1.165, 1.54) is 5.06 Å². The van der Waals surface area contributed by atoms with E-state index in [1.807, 2.05) is 25.1 Å². The third kappa shape index (κ3) is 5.44. The number of urea groups is 1. The SMILES string of the molecule is Cc1ccc(S(=O)(=O)ON2CCC(CN(C)C(=O)N(C)C)(c3ccccc3)CC2)cc1. The predicted octanol–water partition coefficient (Wildman–Crippen LogP) is 3.26. The van der Waals surface area contributed by atoms with Crippen molar-refractivity contribution in [3.63, 3.8) is 0 Å². The third-order valence-electron chi connectivity index (χ3n) is 5.83. The number of carbonyl (C=O) groups is 1. The zero-order valence-electron chi connectivity index (χ0n) is 18.6. The average molecular weight is 446 g/mol. The lowest BCUT2D eigenvalue weighted by molar-refractivity contribution is -0.0823. The molecule has 3 rings (SSSR count). The lowest BCUT2D eigenvalue weighted by Crippen LogP contribution is -2.51. The highest BCUT2D eigenvalue weighted by Crippen LogP contribution is 2.37. The van der Waals surface area contributed by atoms with Crippen LogP contribution in [-0.2, 0) is 19.8 Å². The maximum Gasteiger partial charge on any atom is 0.319 e. The van der Waals surface area contributed by atoms with Crippen molar-refractivity contribution in [2.24, 2.45) is 0 Å². The van der Waals surface area contributed by atoms with Gasteiger partial charge in [0, 0.05) is 46.2 Å². The van der Waals surface area contributed by atoms with E-state index in [0.29, 0.717) is 32.5 Å². The molecule has 0 aromatic heterocycles. The number of likely N-dealkylation sites (N-methyl/N-ethyl adjacent to an activating group) is 1. The van der Waals surface area contributed by atoms with E-state index in [2.05, 4.69) is 12.1 Å². The second-order valence-electron chi connectivity index (χ2n) is 8.45. The van der Waals surface area contributed by atoms with Gasteiger partial charge < -0.3 is 9.80 Å². The summed E-state index contributed by atoms with van der Waals surface area (Å²) in [6.45, 7) is 3.35. The lowest BCUT2D eigenvalue weighted by atomic mass is 9.72. The molecular formula is C23H31N3O4S. The highest BCUT2D eigenvalue weighted by molar-refractivity contribution is 7.86. The number of nitrogens with zero attached hydrogens (tertiary/aromatic N) is 3. The first kappa shape index (κ1) is 23.2. The van der Waals surface area contributed by atoms with Gasteiger partial charge in [-0.3, -0.25) is 0 Å². The quantitative estimate of drug-likeness (QED) is 0.683. The molecule has 168 valence electrons. The Balaban J connectivity index is 1.75. The van der Waals surface area contributed by atoms with Crippen molar-refractivity contribution in [2.75, 3.05) is 40.8 Å². The number of rotatable bonds is 6. The minimum Gasteiger partial charge on any atom is -0.331 e. The molecule has 0 radical (unpaired) electrons. The first-order chi connectivity index (χ1) is 14.6. The lowest BCUT2D eigenvalue weighted by Gasteiger charge is -2.43. The summed E-state index contributed by atoms with van der Waals surface area (Å²) in [4.78, 5) is 15.9. The zero-order valence-corrected chi connectivity index (χ0v) is 19.4. The zero-order chi connectivity index (χ0) is 22.6. The Kier molecular flexibility index (Phi) is 7.03. The van der Waals surface area contributed by atoms with Crippen LogP contribution in [0.1, 0.15) is 24.0 Å². The standard InChI is InChI=1S/C23H31N3O4S/c1-19-10-12-21(13-11-19)31(28,29)30-26-16-14-23(15-17-26,20-8-6-5-7-9-20)18-25(4)22(27)24(2)3/h5-13H,14-18H2,1-4H3. The second kappa shape index (κ2) is 9.38. The Morgan fingerprint density at radius 2 is 1.58 bits per heavy atom. The van der Waals surface area contributed by atoms with Crippen LogP contribution in [0.4, 0.5) is 4.79 Å². The predicted molar refractivity (Wildman–Crippen MR) is 120 cm³/mol. The van der Waals surface area contributed by atoms with Crippen LogP contribution in [0.25, 0.3) is 0 Å². The molecule has 0 N–H and O–H groups in total. The van der Waals surface area contributed by atoms with E-state index in [4.69, 9.17) is 4.28 Å². The second-order valence-corrected chi connectivity index (χ2v) is 9.98. The van der Waals surface area contributed by atoms with Gasteiger partial charge in [0.2, 0.25) is 0 Å². The van der Waals surface area contributed by atoms with E-state index in [0.717, 1.165) is 11.1 Å². The monoisotopic (exact) mass is 445 g/mol. The van der Waals surface area contributed by atoms with Crippen LogP contribution in [0.2, 0.25) is 0 Å². The Bertz CT molecular complexity index is 983. The van der Waals surface area contributed by atoms with Gasteiger partial charge >= 0.3 is 16.1 Å². The van der Waals surface area contributed by atoms with Crippen molar-refractivity contribution in [2.45, 2.75) is 30.1 Å². The van der Waals surface area contributed by atoms with E-state index < -0.39 is 10.1 Å². The number of aryl methyl sites for hydroxylation is 1. The highest BCUT2D eigenvalue weighted by Gasteiger charge is 2.39. The molecule has 1 aliphatic heterocycles. The summed E-state index contributed by atoms with van der Waals surface area (Å²) in [6, 6.07) is 16.7. The number of hydrogen-bond donors (Lipinski definition) is 0. The van der Waals surface area contributed by atoms with E-state index in [1.54, 1.807) is 55.2 Å². The fraction of sp³-hybridized carbons (Fsp3) is 0.435. The van der Waals surface area contributed by atoms with Gasteiger partial charge in [-0.25, -0.2) is 4.79 Å². The molecule has 0 saturated carbocycles. The summed E-state index contributed by atoms with van der Waals surface area (Å²) >= 11 is 0. The minimum atomic E-state index is -3.87. The molecule has 7 nitrogen and oxygen atoms in total. The van der Waals surface area contributed by atoms with Gasteiger partial charge in [0.1, 0.15) is 0 Å². The number of hydrogen-bond acceptors (Lipinski definition) is 5. The van der Waals surface area contributed by atoms with E-state index in [-0.39, 0.29) is 16.3 Å². The molecule has 1 aliphatic rings. The normalized spacial score (nSPS) is 16.6. The van der Waals surface area contributed by atoms with Gasteiger partial charge in [-0.05, 0) is 37.5 Å². The molecular weight excluding hydrogens is 414 g/mol. The first-order valence-corrected chi connectivity index (χ1v) is 11.8. The molecule has 2 aromatic rings. The topological polar surface area (TPSA) is 70.2 Å². The number of amides is 2. The average Bonchev–Trinajstić information content (AvgIpc) is 2.75. The van der Waals surface area contributed by atoms with Gasteiger partial charge in [0.15, 0.2) is 0 Å². The van der Waals surface area contributed by atoms with Crippen LogP contribution in [0, 0.1) is 6.92 Å². The van der Waals surface area contributed by atoms with E-state index in [9.17, 15) is 13.2 Å². The van der Waals surface area contributed by atoms with Crippen molar-refractivity contribution in [3.05, 3.63) is 65.7 Å². The van der Waals surface area contributed by atoms with Crippen molar-refractivity contribution >= 4 is 16.1 Å². The third-order valence-corrected chi connectivity index (χ3v) is 7.08. The Hall–Kier alpha value is -2.42. The molecule has 2 aromatic carbocycles. The molecule has 0 atom stereocenters. The Morgan fingerprint density at radius 1 is 1.00 bits per heavy atom. The summed E-state index contributed by atoms with van der Waals surface area (Å²) < 4.78 is 30.8. The smallest absolute Gasteiger partial charge is 0.319 e. The van der Waals surface area contributed by atoms with Crippen LogP contribution in [-0.4, -0.2) is 70.1 Å². The van der Waals surface area contributed by atoms with Gasteiger partial charge in [0.05, 0.1) is 4.90 Å². The molecule has 31 heavy (non-hydrogen) atoms. The molecule has 0 bridgehead atoms. The summed E-state index contributed by atoms with van der Waals surface area (Å²) in [5.74, 6) is 0. The van der Waals surface area contributed by atoms with Gasteiger partial charge in [0.25, 0.3) is 0 Å². The van der Waals surface area contributed by atoms with E-state index >= 15 is 0 Å². The number of benzene rings is 2. The fourth-order valence-corrected chi connectivity index (χ4v) is 5.05. The highest BCUT2D eigenvalue weighted by atomic mass is 32.2. The molecule has 2 amide bonds. The molecule has 1 saturated heterocycles. The van der Waals surface area contributed by atoms with Crippen LogP contribution >= 0.6 is 0 Å². The number of hydroxylamine groups is 2. The maximum atomic E-state index is 12.7. The van der Waals surface area contributed by atoms with Crippen LogP contribution in [0.3, 0.4) is 0 Å². The molecule has 8 heteroatoms. The van der Waals surface area contributed by atoms with Crippen LogP contribution < -0.4 is 0 Å². The van der Waals surface area contributed by atoms with Crippen molar-refractivity contribution < 1.29 is 17.5 Å². The Labute approximate surface area is 185 Å². The summed E-state index contributed by atoms with van der Waals surface area (Å²) in [7, 11) is 1.40. The Morgan fingerprint density at radius 3 is 2.13 bits per heavy atom. The van der Waals surface area contributed by atoms with Gasteiger partial charge in [-0.2, -0.15) is 17.8 Å². The number of piperidine rings is 1. The summed E-state index contributed by atoms with van der Waals surface area (Å²) in [5, 5.41) is 1.52. The van der Waals surface area contributed by atoms with Crippen LogP contribution in [0.5, 0.6) is 0 Å².